The van der Waals surface area contributed by atoms with Crippen LogP contribution in [0.1, 0.15) is 11.1 Å². The third-order valence-electron chi connectivity index (χ3n) is 2.83. The van der Waals surface area contributed by atoms with Crippen LogP contribution >= 0.6 is 15.9 Å². The van der Waals surface area contributed by atoms with Gasteiger partial charge in [-0.05, 0) is 49.2 Å². The van der Waals surface area contributed by atoms with Crippen LogP contribution in [0.3, 0.4) is 0 Å². The molecule has 1 amide bonds. The lowest BCUT2D eigenvalue weighted by Gasteiger charge is -2.10. The third-order valence-corrected chi connectivity index (χ3v) is 4.08. The third kappa shape index (κ3) is 3.84. The van der Waals surface area contributed by atoms with Gasteiger partial charge in [0.25, 0.3) is 5.91 Å². The summed E-state index contributed by atoms with van der Waals surface area (Å²) in [5.41, 5.74) is 2.96. The summed E-state index contributed by atoms with van der Waals surface area (Å²) in [6.45, 7) is 3.98. The Morgan fingerprint density at radius 2 is 1.75 bits per heavy atom. The average Bonchev–Trinajstić information content (AvgIpc) is 2.43. The van der Waals surface area contributed by atoms with E-state index in [4.69, 9.17) is 4.74 Å². The van der Waals surface area contributed by atoms with Gasteiger partial charge >= 0.3 is 0 Å². The van der Waals surface area contributed by atoms with Crippen LogP contribution in [0.15, 0.2) is 46.9 Å². The van der Waals surface area contributed by atoms with Crippen molar-refractivity contribution >= 4 is 27.5 Å². The number of para-hydroxylation sites is 1. The number of anilines is 1. The minimum atomic E-state index is -0.171. The monoisotopic (exact) mass is 333 g/mol. The molecule has 0 aliphatic heterocycles. The Morgan fingerprint density at radius 1 is 1.15 bits per heavy atom. The Morgan fingerprint density at radius 3 is 2.35 bits per heavy atom. The van der Waals surface area contributed by atoms with E-state index in [1.807, 2.05) is 56.3 Å². The molecule has 0 radical (unpaired) electrons. The fraction of sp³-hybridized carbons (Fsp3) is 0.188. The molecule has 0 aliphatic rings. The highest BCUT2D eigenvalue weighted by Gasteiger charge is 2.06. The van der Waals surface area contributed by atoms with E-state index in [1.165, 1.54) is 0 Å². The molecule has 0 spiro atoms. The Hall–Kier alpha value is -1.81. The lowest BCUT2D eigenvalue weighted by Crippen LogP contribution is -2.20. The number of rotatable bonds is 4. The molecule has 0 atom stereocenters. The molecule has 0 saturated carbocycles. The SMILES string of the molecule is Cc1cc(NC(=O)COc2ccccc2)cc(C)c1Br. The smallest absolute Gasteiger partial charge is 0.262 e. The van der Waals surface area contributed by atoms with Gasteiger partial charge in [-0.2, -0.15) is 0 Å². The van der Waals surface area contributed by atoms with Gasteiger partial charge in [-0.25, -0.2) is 0 Å². The van der Waals surface area contributed by atoms with E-state index in [0.717, 1.165) is 21.3 Å². The minimum absolute atomic E-state index is 0.00181. The second-order valence-corrected chi connectivity index (χ2v) is 5.37. The molecular formula is C16H16BrNO2. The first-order valence-corrected chi connectivity index (χ1v) is 7.10. The molecule has 0 fully saturated rings. The number of ether oxygens (including phenoxy) is 1. The molecule has 0 aromatic heterocycles. The zero-order chi connectivity index (χ0) is 14.5. The lowest BCUT2D eigenvalue weighted by molar-refractivity contribution is -0.118. The van der Waals surface area contributed by atoms with E-state index < -0.39 is 0 Å². The lowest BCUT2D eigenvalue weighted by atomic mass is 10.1. The van der Waals surface area contributed by atoms with Crippen molar-refractivity contribution in [2.45, 2.75) is 13.8 Å². The first-order valence-electron chi connectivity index (χ1n) is 6.30. The number of hydrogen-bond acceptors (Lipinski definition) is 2. The standard InChI is InChI=1S/C16H16BrNO2/c1-11-8-13(9-12(2)16(11)17)18-15(19)10-20-14-6-4-3-5-7-14/h3-9H,10H2,1-2H3,(H,18,19). The zero-order valence-electron chi connectivity index (χ0n) is 11.4. The molecule has 4 heteroatoms. The second kappa shape index (κ2) is 6.57. The van der Waals surface area contributed by atoms with Gasteiger partial charge in [0.1, 0.15) is 5.75 Å². The highest BCUT2D eigenvalue weighted by atomic mass is 79.9. The topological polar surface area (TPSA) is 38.3 Å². The number of amides is 1. The maximum Gasteiger partial charge on any atom is 0.262 e. The van der Waals surface area contributed by atoms with Crippen LogP contribution in [0.5, 0.6) is 5.75 Å². The summed E-state index contributed by atoms with van der Waals surface area (Å²) in [7, 11) is 0. The van der Waals surface area contributed by atoms with Crippen LogP contribution in [0.2, 0.25) is 0 Å². The molecule has 0 unspecified atom stereocenters. The number of halogens is 1. The zero-order valence-corrected chi connectivity index (χ0v) is 13.0. The van der Waals surface area contributed by atoms with E-state index >= 15 is 0 Å². The van der Waals surface area contributed by atoms with E-state index in [-0.39, 0.29) is 12.5 Å². The number of carbonyl (C=O) groups excluding carboxylic acids is 1. The predicted molar refractivity (Wildman–Crippen MR) is 84.2 cm³/mol. The Labute approximate surface area is 127 Å². The molecule has 0 saturated heterocycles. The molecule has 104 valence electrons. The van der Waals surface area contributed by atoms with Gasteiger partial charge in [0.2, 0.25) is 0 Å². The van der Waals surface area contributed by atoms with Crippen molar-refractivity contribution in [1.82, 2.24) is 0 Å². The fourth-order valence-electron chi connectivity index (χ4n) is 1.88. The van der Waals surface area contributed by atoms with Crippen molar-refractivity contribution in [2.24, 2.45) is 0 Å². The van der Waals surface area contributed by atoms with Crippen LogP contribution in [0.25, 0.3) is 0 Å². The summed E-state index contributed by atoms with van der Waals surface area (Å²) in [4.78, 5) is 11.8. The van der Waals surface area contributed by atoms with Gasteiger partial charge in [-0.1, -0.05) is 34.1 Å². The summed E-state index contributed by atoms with van der Waals surface area (Å²) >= 11 is 3.50. The molecular weight excluding hydrogens is 318 g/mol. The summed E-state index contributed by atoms with van der Waals surface area (Å²) in [5, 5.41) is 2.84. The number of carbonyl (C=O) groups is 1. The summed E-state index contributed by atoms with van der Waals surface area (Å²) in [6, 6.07) is 13.1. The van der Waals surface area contributed by atoms with Crippen molar-refractivity contribution in [3.05, 3.63) is 58.1 Å². The van der Waals surface area contributed by atoms with Crippen molar-refractivity contribution in [1.29, 1.82) is 0 Å². The molecule has 0 aliphatic carbocycles. The highest BCUT2D eigenvalue weighted by molar-refractivity contribution is 9.10. The quantitative estimate of drug-likeness (QED) is 0.915. The number of hydrogen-bond donors (Lipinski definition) is 1. The first kappa shape index (κ1) is 14.6. The van der Waals surface area contributed by atoms with Crippen LogP contribution < -0.4 is 10.1 Å². The number of benzene rings is 2. The van der Waals surface area contributed by atoms with Crippen molar-refractivity contribution < 1.29 is 9.53 Å². The summed E-state index contributed by atoms with van der Waals surface area (Å²) in [6.07, 6.45) is 0. The van der Waals surface area contributed by atoms with E-state index in [0.29, 0.717) is 5.75 Å². The number of aryl methyl sites for hydroxylation is 2. The second-order valence-electron chi connectivity index (χ2n) is 4.57. The van der Waals surface area contributed by atoms with Gasteiger partial charge in [0.15, 0.2) is 6.61 Å². The first-order chi connectivity index (χ1) is 9.56. The molecule has 2 rings (SSSR count). The van der Waals surface area contributed by atoms with E-state index in [9.17, 15) is 4.79 Å². The van der Waals surface area contributed by atoms with Crippen molar-refractivity contribution in [3.8, 4) is 5.75 Å². The van der Waals surface area contributed by atoms with Gasteiger partial charge in [0, 0.05) is 10.2 Å². The fourth-order valence-corrected chi connectivity index (χ4v) is 2.11. The molecule has 2 aromatic carbocycles. The van der Waals surface area contributed by atoms with Gasteiger partial charge in [-0.15, -0.1) is 0 Å². The van der Waals surface area contributed by atoms with Crippen LogP contribution in [-0.2, 0) is 4.79 Å². The molecule has 20 heavy (non-hydrogen) atoms. The maximum atomic E-state index is 11.8. The van der Waals surface area contributed by atoms with E-state index in [2.05, 4.69) is 21.2 Å². The minimum Gasteiger partial charge on any atom is -0.484 e. The Balaban J connectivity index is 1.95. The summed E-state index contributed by atoms with van der Waals surface area (Å²) < 4.78 is 6.47. The largest absolute Gasteiger partial charge is 0.484 e. The molecule has 3 nitrogen and oxygen atoms in total. The predicted octanol–water partition coefficient (Wildman–Crippen LogP) is 4.08. The normalized spacial score (nSPS) is 10.2. The van der Waals surface area contributed by atoms with Gasteiger partial charge in [-0.3, -0.25) is 4.79 Å². The highest BCUT2D eigenvalue weighted by Crippen LogP contribution is 2.24. The van der Waals surface area contributed by atoms with Gasteiger partial charge in [0.05, 0.1) is 0 Å². The number of nitrogens with one attached hydrogen (secondary N) is 1. The van der Waals surface area contributed by atoms with Crippen molar-refractivity contribution in [3.63, 3.8) is 0 Å². The summed E-state index contributed by atoms with van der Waals surface area (Å²) in [5.74, 6) is 0.515. The molecule has 2 aromatic rings. The van der Waals surface area contributed by atoms with Crippen LogP contribution in [0.4, 0.5) is 5.69 Å². The van der Waals surface area contributed by atoms with Crippen LogP contribution in [-0.4, -0.2) is 12.5 Å². The maximum absolute atomic E-state index is 11.8. The Bertz CT molecular complexity index is 588. The molecule has 0 heterocycles. The van der Waals surface area contributed by atoms with E-state index in [1.54, 1.807) is 0 Å². The van der Waals surface area contributed by atoms with Crippen molar-refractivity contribution in [2.75, 3.05) is 11.9 Å². The average molecular weight is 334 g/mol. The van der Waals surface area contributed by atoms with Crippen LogP contribution in [0, 0.1) is 13.8 Å². The molecule has 1 N–H and O–H groups in total. The van der Waals surface area contributed by atoms with Gasteiger partial charge < -0.3 is 10.1 Å². The molecule has 0 bridgehead atoms. The Kier molecular flexibility index (Phi) is 4.79.